The molecule has 0 atom stereocenters. The predicted octanol–water partition coefficient (Wildman–Crippen LogP) is 4.06. The molecule has 30 heavy (non-hydrogen) atoms. The van der Waals surface area contributed by atoms with Gasteiger partial charge in [0.15, 0.2) is 0 Å². The maximum Gasteiger partial charge on any atom is 0.255 e. The van der Waals surface area contributed by atoms with Crippen molar-refractivity contribution in [2.75, 3.05) is 36.4 Å². The summed E-state index contributed by atoms with van der Waals surface area (Å²) >= 11 is 3.37. The third kappa shape index (κ3) is 4.68. The minimum absolute atomic E-state index is 0.0331. The lowest BCUT2D eigenvalue weighted by atomic mass is 10.1. The van der Waals surface area contributed by atoms with E-state index in [0.29, 0.717) is 29.9 Å². The van der Waals surface area contributed by atoms with Gasteiger partial charge < -0.3 is 15.1 Å². The lowest BCUT2D eigenvalue weighted by molar-refractivity contribution is 0.0746. The number of benzene rings is 2. The molecule has 6 nitrogen and oxygen atoms in total. The van der Waals surface area contributed by atoms with Gasteiger partial charge in [-0.3, -0.25) is 9.59 Å². The average molecular weight is 465 g/mol. The van der Waals surface area contributed by atoms with Gasteiger partial charge in [0.25, 0.3) is 11.8 Å². The summed E-state index contributed by atoms with van der Waals surface area (Å²) in [7, 11) is 0. The lowest BCUT2D eigenvalue weighted by Gasteiger charge is -2.35. The molecule has 0 bridgehead atoms. The van der Waals surface area contributed by atoms with Gasteiger partial charge in [0.2, 0.25) is 0 Å². The minimum Gasteiger partial charge on any atom is -0.353 e. The van der Waals surface area contributed by atoms with Crippen LogP contribution >= 0.6 is 15.9 Å². The molecule has 0 saturated carbocycles. The summed E-state index contributed by atoms with van der Waals surface area (Å²) in [6.45, 7) is 2.73. The molecule has 0 aliphatic carbocycles. The fraction of sp³-hybridized carbons (Fsp3) is 0.174. The van der Waals surface area contributed by atoms with E-state index >= 15 is 0 Å². The fourth-order valence-corrected chi connectivity index (χ4v) is 3.82. The van der Waals surface area contributed by atoms with Crippen molar-refractivity contribution in [3.8, 4) is 0 Å². The number of aromatic nitrogens is 1. The summed E-state index contributed by atoms with van der Waals surface area (Å²) in [6, 6.07) is 20.1. The Hall–Kier alpha value is -3.19. The number of amides is 2. The van der Waals surface area contributed by atoms with E-state index in [1.54, 1.807) is 42.6 Å². The average Bonchev–Trinajstić information content (AvgIpc) is 2.79. The van der Waals surface area contributed by atoms with Crippen LogP contribution in [0, 0.1) is 0 Å². The third-order valence-corrected chi connectivity index (χ3v) is 5.49. The van der Waals surface area contributed by atoms with Crippen molar-refractivity contribution in [1.82, 2.24) is 9.88 Å². The minimum atomic E-state index is -0.218. The Balaban J connectivity index is 1.40. The Morgan fingerprint density at radius 2 is 1.63 bits per heavy atom. The van der Waals surface area contributed by atoms with Crippen molar-refractivity contribution in [1.29, 1.82) is 0 Å². The van der Waals surface area contributed by atoms with Crippen LogP contribution in [0.15, 0.2) is 77.4 Å². The van der Waals surface area contributed by atoms with E-state index in [2.05, 4.69) is 31.1 Å². The van der Waals surface area contributed by atoms with Crippen LogP contribution in [0.1, 0.15) is 20.7 Å². The largest absolute Gasteiger partial charge is 0.353 e. The van der Waals surface area contributed by atoms with Gasteiger partial charge in [-0.25, -0.2) is 4.98 Å². The van der Waals surface area contributed by atoms with Crippen molar-refractivity contribution < 1.29 is 9.59 Å². The summed E-state index contributed by atoms with van der Waals surface area (Å²) < 4.78 is 0.837. The van der Waals surface area contributed by atoms with Crippen LogP contribution in [0.5, 0.6) is 0 Å². The molecule has 152 valence electrons. The third-order valence-electron chi connectivity index (χ3n) is 4.99. The highest BCUT2D eigenvalue weighted by atomic mass is 79.9. The monoisotopic (exact) mass is 464 g/mol. The van der Waals surface area contributed by atoms with Crippen LogP contribution in [0.2, 0.25) is 0 Å². The van der Waals surface area contributed by atoms with Gasteiger partial charge in [0, 0.05) is 53.7 Å². The number of anilines is 2. The number of piperazine rings is 1. The molecule has 1 fully saturated rings. The van der Waals surface area contributed by atoms with Crippen molar-refractivity contribution in [2.45, 2.75) is 0 Å². The number of rotatable bonds is 4. The number of hydrogen-bond donors (Lipinski definition) is 1. The number of hydrogen-bond acceptors (Lipinski definition) is 4. The van der Waals surface area contributed by atoms with Gasteiger partial charge in [-0.2, -0.15) is 0 Å². The summed E-state index contributed by atoms with van der Waals surface area (Å²) in [5.74, 6) is 0.681. The van der Waals surface area contributed by atoms with Crippen molar-refractivity contribution in [3.05, 3.63) is 88.5 Å². The number of nitrogens with zero attached hydrogens (tertiary/aromatic N) is 3. The quantitative estimate of drug-likeness (QED) is 0.632. The van der Waals surface area contributed by atoms with Crippen LogP contribution in [0.25, 0.3) is 0 Å². The Bertz CT molecular complexity index is 1050. The molecule has 1 aliphatic heterocycles. The second-order valence-electron chi connectivity index (χ2n) is 7.01. The molecular formula is C23H21BrN4O2. The molecule has 1 aromatic heterocycles. The van der Waals surface area contributed by atoms with Gasteiger partial charge in [-0.15, -0.1) is 0 Å². The standard InChI is InChI=1S/C23H21BrN4O2/c24-19-7-3-5-17(15-19)22(29)26-20-8-4-6-18(16-20)23(30)28-13-11-27(12-14-28)21-9-1-2-10-25-21/h1-10,15-16H,11-14H2,(H,26,29). The molecule has 3 aromatic rings. The molecule has 0 radical (unpaired) electrons. The smallest absolute Gasteiger partial charge is 0.255 e. The molecule has 0 spiro atoms. The van der Waals surface area contributed by atoms with Crippen molar-refractivity contribution in [2.24, 2.45) is 0 Å². The first-order valence-electron chi connectivity index (χ1n) is 9.72. The molecule has 1 saturated heterocycles. The summed E-state index contributed by atoms with van der Waals surface area (Å²) in [5.41, 5.74) is 1.71. The SMILES string of the molecule is O=C(Nc1cccc(C(=O)N2CCN(c3ccccn3)CC2)c1)c1cccc(Br)c1. The molecule has 2 amide bonds. The van der Waals surface area contributed by atoms with E-state index in [4.69, 9.17) is 0 Å². The molecule has 2 aromatic carbocycles. The van der Waals surface area contributed by atoms with Crippen molar-refractivity contribution >= 4 is 39.2 Å². The molecule has 7 heteroatoms. The first-order chi connectivity index (χ1) is 14.6. The van der Waals surface area contributed by atoms with Crippen LogP contribution in [-0.2, 0) is 0 Å². The van der Waals surface area contributed by atoms with Gasteiger partial charge in [-0.05, 0) is 48.5 Å². The number of carbonyl (C=O) groups is 2. The Kier molecular flexibility index (Phi) is 6.09. The van der Waals surface area contributed by atoms with E-state index in [1.165, 1.54) is 0 Å². The maximum atomic E-state index is 13.0. The molecule has 4 rings (SSSR count). The van der Waals surface area contributed by atoms with Crippen LogP contribution in [-0.4, -0.2) is 47.9 Å². The zero-order valence-electron chi connectivity index (χ0n) is 16.3. The van der Waals surface area contributed by atoms with Gasteiger partial charge in [0.05, 0.1) is 0 Å². The highest BCUT2D eigenvalue weighted by Gasteiger charge is 2.23. The Labute approximate surface area is 183 Å². The zero-order chi connectivity index (χ0) is 20.9. The molecule has 0 unspecified atom stereocenters. The maximum absolute atomic E-state index is 13.0. The fourth-order valence-electron chi connectivity index (χ4n) is 3.42. The summed E-state index contributed by atoms with van der Waals surface area (Å²) in [6.07, 6.45) is 1.78. The Morgan fingerprint density at radius 3 is 2.37 bits per heavy atom. The molecular weight excluding hydrogens is 444 g/mol. The van der Waals surface area contributed by atoms with E-state index in [0.717, 1.165) is 23.4 Å². The van der Waals surface area contributed by atoms with Crippen LogP contribution in [0.3, 0.4) is 0 Å². The van der Waals surface area contributed by atoms with Gasteiger partial charge in [0.1, 0.15) is 5.82 Å². The van der Waals surface area contributed by atoms with Gasteiger partial charge in [-0.1, -0.05) is 34.1 Å². The lowest BCUT2D eigenvalue weighted by Crippen LogP contribution is -2.49. The molecule has 1 N–H and O–H groups in total. The molecule has 2 heterocycles. The topological polar surface area (TPSA) is 65.5 Å². The van der Waals surface area contributed by atoms with E-state index in [-0.39, 0.29) is 11.8 Å². The first-order valence-corrected chi connectivity index (χ1v) is 10.5. The summed E-state index contributed by atoms with van der Waals surface area (Å²) in [5, 5.41) is 2.87. The van der Waals surface area contributed by atoms with E-state index in [9.17, 15) is 9.59 Å². The second kappa shape index (κ2) is 9.09. The van der Waals surface area contributed by atoms with E-state index in [1.807, 2.05) is 35.2 Å². The van der Waals surface area contributed by atoms with Crippen LogP contribution < -0.4 is 10.2 Å². The van der Waals surface area contributed by atoms with Gasteiger partial charge >= 0.3 is 0 Å². The zero-order valence-corrected chi connectivity index (χ0v) is 17.9. The van der Waals surface area contributed by atoms with E-state index < -0.39 is 0 Å². The van der Waals surface area contributed by atoms with Crippen molar-refractivity contribution in [3.63, 3.8) is 0 Å². The first kappa shape index (κ1) is 20.1. The second-order valence-corrected chi connectivity index (χ2v) is 7.93. The van der Waals surface area contributed by atoms with Crippen LogP contribution in [0.4, 0.5) is 11.5 Å². The summed E-state index contributed by atoms with van der Waals surface area (Å²) in [4.78, 5) is 33.8. The highest BCUT2D eigenvalue weighted by molar-refractivity contribution is 9.10. The normalized spacial score (nSPS) is 13.8. The predicted molar refractivity (Wildman–Crippen MR) is 121 cm³/mol. The number of carbonyl (C=O) groups excluding carboxylic acids is 2. The highest BCUT2D eigenvalue weighted by Crippen LogP contribution is 2.18. The number of halogens is 1. The molecule has 1 aliphatic rings. The number of nitrogens with one attached hydrogen (secondary N) is 1. The number of pyridine rings is 1. The Morgan fingerprint density at radius 1 is 0.867 bits per heavy atom.